The summed E-state index contributed by atoms with van der Waals surface area (Å²) in [6, 6.07) is 11.7. The fraction of sp³-hybridized carbons (Fsp3) is 0.333. The predicted molar refractivity (Wildman–Crippen MR) is 73.3 cm³/mol. The number of hydrogen-bond donors (Lipinski definition) is 1. The summed E-state index contributed by atoms with van der Waals surface area (Å²) >= 11 is 0. The molecule has 2 atom stereocenters. The molecular weight excluding hydrogens is 224 g/mol. The first kappa shape index (κ1) is 12.7. The van der Waals surface area contributed by atoms with Gasteiger partial charge in [-0.2, -0.15) is 0 Å². The van der Waals surface area contributed by atoms with Gasteiger partial charge in [0.25, 0.3) is 0 Å². The van der Waals surface area contributed by atoms with Crippen LogP contribution >= 0.6 is 0 Å². The number of pyridine rings is 1. The highest BCUT2D eigenvalue weighted by Gasteiger charge is 2.17. The zero-order valence-corrected chi connectivity index (χ0v) is 10.8. The van der Waals surface area contributed by atoms with Gasteiger partial charge in [0.2, 0.25) is 0 Å². The van der Waals surface area contributed by atoms with Crippen molar-refractivity contribution < 1.29 is 4.79 Å². The predicted octanol–water partition coefficient (Wildman–Crippen LogP) is 2.33. The molecule has 3 heteroatoms. The zero-order valence-electron chi connectivity index (χ0n) is 10.8. The summed E-state index contributed by atoms with van der Waals surface area (Å²) in [6.07, 6.45) is 0.355. The van der Waals surface area contributed by atoms with Crippen molar-refractivity contribution in [2.45, 2.75) is 26.3 Å². The lowest BCUT2D eigenvalue weighted by Crippen LogP contribution is -2.31. The molecular formula is C15H18N2O. The van der Waals surface area contributed by atoms with Crippen LogP contribution in [0.25, 0.3) is 10.9 Å². The summed E-state index contributed by atoms with van der Waals surface area (Å²) in [4.78, 5) is 16.5. The van der Waals surface area contributed by atoms with Crippen LogP contribution in [0.4, 0.5) is 0 Å². The Morgan fingerprint density at radius 3 is 2.67 bits per heavy atom. The fourth-order valence-corrected chi connectivity index (χ4v) is 1.84. The Labute approximate surface area is 107 Å². The standard InChI is InChI=1S/C15H18N2O/c1-10(11(2)16)15(18)9-13-8-7-12-5-3-4-6-14(12)17-13/h3-8,10-11H,9,16H2,1-2H3. The molecule has 0 bridgehead atoms. The molecule has 0 saturated heterocycles. The lowest BCUT2D eigenvalue weighted by molar-refractivity contribution is -0.122. The third-order valence-electron chi connectivity index (χ3n) is 3.31. The van der Waals surface area contributed by atoms with E-state index in [9.17, 15) is 4.79 Å². The van der Waals surface area contributed by atoms with Crippen LogP contribution in [0.5, 0.6) is 0 Å². The molecule has 1 aromatic carbocycles. The van der Waals surface area contributed by atoms with E-state index in [4.69, 9.17) is 5.73 Å². The van der Waals surface area contributed by atoms with Gasteiger partial charge in [-0.05, 0) is 19.1 Å². The van der Waals surface area contributed by atoms with Gasteiger partial charge in [0.05, 0.1) is 5.52 Å². The minimum atomic E-state index is -0.127. The fourth-order valence-electron chi connectivity index (χ4n) is 1.84. The number of aromatic nitrogens is 1. The number of para-hydroxylation sites is 1. The summed E-state index contributed by atoms with van der Waals surface area (Å²) in [5, 5.41) is 1.09. The number of Topliss-reactive ketones (excluding diaryl/α,β-unsaturated/α-hetero) is 1. The monoisotopic (exact) mass is 242 g/mol. The van der Waals surface area contributed by atoms with Crippen LogP contribution < -0.4 is 5.73 Å². The first-order valence-electron chi connectivity index (χ1n) is 6.21. The normalized spacial score (nSPS) is 14.4. The second-order valence-electron chi connectivity index (χ2n) is 4.79. The zero-order chi connectivity index (χ0) is 13.1. The Balaban J connectivity index is 2.19. The van der Waals surface area contributed by atoms with E-state index in [-0.39, 0.29) is 17.7 Å². The number of hydrogen-bond acceptors (Lipinski definition) is 3. The number of rotatable bonds is 4. The molecule has 0 saturated carbocycles. The highest BCUT2D eigenvalue weighted by Crippen LogP contribution is 2.13. The van der Waals surface area contributed by atoms with Gasteiger partial charge >= 0.3 is 0 Å². The van der Waals surface area contributed by atoms with Crippen molar-refractivity contribution in [2.24, 2.45) is 11.7 Å². The molecule has 0 spiro atoms. The first-order valence-corrected chi connectivity index (χ1v) is 6.21. The largest absolute Gasteiger partial charge is 0.327 e. The van der Waals surface area contributed by atoms with Gasteiger partial charge in [-0.1, -0.05) is 31.2 Å². The van der Waals surface area contributed by atoms with Crippen molar-refractivity contribution in [2.75, 3.05) is 0 Å². The number of carbonyl (C=O) groups is 1. The highest BCUT2D eigenvalue weighted by atomic mass is 16.1. The lowest BCUT2D eigenvalue weighted by atomic mass is 9.96. The van der Waals surface area contributed by atoms with E-state index in [1.54, 1.807) is 0 Å². The molecule has 3 nitrogen and oxygen atoms in total. The Morgan fingerprint density at radius 2 is 1.94 bits per heavy atom. The maximum atomic E-state index is 12.0. The second kappa shape index (κ2) is 5.27. The van der Waals surface area contributed by atoms with E-state index in [1.807, 2.05) is 50.2 Å². The SMILES string of the molecule is CC(N)C(C)C(=O)Cc1ccc2ccccc2n1. The molecule has 94 valence electrons. The van der Waals surface area contributed by atoms with Crippen molar-refractivity contribution in [3.8, 4) is 0 Å². The van der Waals surface area contributed by atoms with E-state index in [0.717, 1.165) is 16.6 Å². The number of benzene rings is 1. The topological polar surface area (TPSA) is 56.0 Å². The van der Waals surface area contributed by atoms with Crippen LogP contribution in [0, 0.1) is 5.92 Å². The number of nitrogens with zero attached hydrogens (tertiary/aromatic N) is 1. The number of ketones is 1. The van der Waals surface area contributed by atoms with Gasteiger partial charge in [-0.15, -0.1) is 0 Å². The lowest BCUT2D eigenvalue weighted by Gasteiger charge is -2.13. The summed E-state index contributed by atoms with van der Waals surface area (Å²) < 4.78 is 0. The summed E-state index contributed by atoms with van der Waals surface area (Å²) in [6.45, 7) is 3.73. The maximum Gasteiger partial charge on any atom is 0.143 e. The van der Waals surface area contributed by atoms with Crippen LogP contribution in [-0.2, 0) is 11.2 Å². The molecule has 2 aromatic rings. The van der Waals surface area contributed by atoms with E-state index in [1.165, 1.54) is 0 Å². The molecule has 2 N–H and O–H groups in total. The molecule has 18 heavy (non-hydrogen) atoms. The Hall–Kier alpha value is -1.74. The van der Waals surface area contributed by atoms with E-state index < -0.39 is 0 Å². The van der Waals surface area contributed by atoms with Crippen LogP contribution in [0.1, 0.15) is 19.5 Å². The summed E-state index contributed by atoms with van der Waals surface area (Å²) in [5.74, 6) is 0.0195. The highest BCUT2D eigenvalue weighted by molar-refractivity contribution is 5.84. The number of fused-ring (bicyclic) bond motifs is 1. The van der Waals surface area contributed by atoms with Crippen molar-refractivity contribution in [1.82, 2.24) is 4.98 Å². The van der Waals surface area contributed by atoms with E-state index >= 15 is 0 Å². The average molecular weight is 242 g/mol. The Bertz CT molecular complexity index is 563. The van der Waals surface area contributed by atoms with E-state index in [0.29, 0.717) is 6.42 Å². The quantitative estimate of drug-likeness (QED) is 0.895. The van der Waals surface area contributed by atoms with Gasteiger partial charge < -0.3 is 5.73 Å². The molecule has 1 aromatic heterocycles. The molecule has 0 aliphatic heterocycles. The van der Waals surface area contributed by atoms with Gasteiger partial charge in [-0.25, -0.2) is 0 Å². The molecule has 0 radical (unpaired) electrons. The van der Waals surface area contributed by atoms with Crippen molar-refractivity contribution >= 4 is 16.7 Å². The first-order chi connectivity index (χ1) is 8.58. The second-order valence-corrected chi connectivity index (χ2v) is 4.79. The Morgan fingerprint density at radius 1 is 1.22 bits per heavy atom. The van der Waals surface area contributed by atoms with Crippen LogP contribution in [0.2, 0.25) is 0 Å². The van der Waals surface area contributed by atoms with Crippen LogP contribution in [0.3, 0.4) is 0 Å². The third-order valence-corrected chi connectivity index (χ3v) is 3.31. The van der Waals surface area contributed by atoms with Gasteiger partial charge in [-0.3, -0.25) is 9.78 Å². The van der Waals surface area contributed by atoms with Gasteiger partial charge in [0, 0.05) is 29.5 Å². The van der Waals surface area contributed by atoms with Crippen molar-refractivity contribution in [3.05, 3.63) is 42.1 Å². The van der Waals surface area contributed by atoms with Gasteiger partial charge in [0.1, 0.15) is 5.78 Å². The molecule has 0 aliphatic rings. The van der Waals surface area contributed by atoms with Crippen molar-refractivity contribution in [1.29, 1.82) is 0 Å². The van der Waals surface area contributed by atoms with Crippen LogP contribution in [-0.4, -0.2) is 16.8 Å². The van der Waals surface area contributed by atoms with Crippen molar-refractivity contribution in [3.63, 3.8) is 0 Å². The number of carbonyl (C=O) groups excluding carboxylic acids is 1. The smallest absolute Gasteiger partial charge is 0.143 e. The minimum Gasteiger partial charge on any atom is -0.327 e. The number of nitrogens with two attached hydrogens (primary N) is 1. The maximum absolute atomic E-state index is 12.0. The molecule has 0 fully saturated rings. The molecule has 2 rings (SSSR count). The Kier molecular flexibility index (Phi) is 3.72. The molecule has 2 unspecified atom stereocenters. The summed E-state index contributed by atoms with van der Waals surface area (Å²) in [7, 11) is 0. The molecule has 1 heterocycles. The summed E-state index contributed by atoms with van der Waals surface area (Å²) in [5.41, 5.74) is 7.48. The minimum absolute atomic E-state index is 0.113. The van der Waals surface area contributed by atoms with E-state index in [2.05, 4.69) is 4.98 Å². The molecule has 0 amide bonds. The van der Waals surface area contributed by atoms with Gasteiger partial charge in [0.15, 0.2) is 0 Å². The molecule has 0 aliphatic carbocycles. The third kappa shape index (κ3) is 2.74. The van der Waals surface area contributed by atoms with Crippen LogP contribution in [0.15, 0.2) is 36.4 Å². The average Bonchev–Trinajstić information content (AvgIpc) is 2.37.